The SMILES string of the molecule is Clc1cccc(CN2CCN(c3ccccc3Cl)CC2)c1. The van der Waals surface area contributed by atoms with Crippen LogP contribution in [0.25, 0.3) is 0 Å². The second-order valence-electron chi connectivity index (χ2n) is 5.34. The van der Waals surface area contributed by atoms with E-state index in [1.54, 1.807) is 0 Å². The van der Waals surface area contributed by atoms with Gasteiger partial charge in [0, 0.05) is 37.7 Å². The number of halogens is 2. The van der Waals surface area contributed by atoms with E-state index in [1.165, 1.54) is 5.56 Å². The van der Waals surface area contributed by atoms with Crippen molar-refractivity contribution in [2.24, 2.45) is 0 Å². The molecule has 0 aromatic heterocycles. The third-order valence-corrected chi connectivity index (χ3v) is 4.42. The van der Waals surface area contributed by atoms with Crippen LogP contribution in [-0.2, 0) is 6.54 Å². The summed E-state index contributed by atoms with van der Waals surface area (Å²) < 4.78 is 0. The van der Waals surface area contributed by atoms with Crippen molar-refractivity contribution in [2.45, 2.75) is 6.54 Å². The van der Waals surface area contributed by atoms with Gasteiger partial charge in [-0.2, -0.15) is 0 Å². The van der Waals surface area contributed by atoms with Crippen LogP contribution < -0.4 is 4.90 Å². The Balaban J connectivity index is 1.59. The molecule has 0 atom stereocenters. The van der Waals surface area contributed by atoms with Gasteiger partial charge in [0.1, 0.15) is 0 Å². The molecule has 1 aliphatic heterocycles. The molecule has 0 saturated carbocycles. The second kappa shape index (κ2) is 6.69. The van der Waals surface area contributed by atoms with Gasteiger partial charge < -0.3 is 4.90 Å². The van der Waals surface area contributed by atoms with Crippen molar-refractivity contribution in [1.29, 1.82) is 0 Å². The zero-order chi connectivity index (χ0) is 14.7. The van der Waals surface area contributed by atoms with Crippen LogP contribution in [0.3, 0.4) is 0 Å². The summed E-state index contributed by atoms with van der Waals surface area (Å²) in [4.78, 5) is 4.82. The molecule has 4 heteroatoms. The largest absolute Gasteiger partial charge is 0.368 e. The summed E-state index contributed by atoms with van der Waals surface area (Å²) in [6.45, 7) is 5.04. The van der Waals surface area contributed by atoms with Gasteiger partial charge in [-0.25, -0.2) is 0 Å². The number of benzene rings is 2. The van der Waals surface area contributed by atoms with Crippen molar-refractivity contribution in [3.05, 3.63) is 64.1 Å². The maximum absolute atomic E-state index is 6.27. The monoisotopic (exact) mass is 320 g/mol. The highest BCUT2D eigenvalue weighted by atomic mass is 35.5. The fourth-order valence-corrected chi connectivity index (χ4v) is 3.22. The van der Waals surface area contributed by atoms with E-state index in [9.17, 15) is 0 Å². The molecule has 0 N–H and O–H groups in total. The fourth-order valence-electron chi connectivity index (χ4n) is 2.75. The Bertz CT molecular complexity index is 607. The van der Waals surface area contributed by atoms with Crippen molar-refractivity contribution < 1.29 is 0 Å². The lowest BCUT2D eigenvalue weighted by Gasteiger charge is -2.36. The molecular formula is C17H18Cl2N2. The summed E-state index contributed by atoms with van der Waals surface area (Å²) in [6, 6.07) is 16.2. The first-order valence-corrected chi connectivity index (χ1v) is 7.94. The summed E-state index contributed by atoms with van der Waals surface area (Å²) in [5.74, 6) is 0. The van der Waals surface area contributed by atoms with Crippen molar-refractivity contribution >= 4 is 28.9 Å². The molecule has 2 aromatic carbocycles. The Morgan fingerprint density at radius 3 is 2.33 bits per heavy atom. The van der Waals surface area contributed by atoms with E-state index in [0.29, 0.717) is 0 Å². The number of hydrogen-bond acceptors (Lipinski definition) is 2. The maximum atomic E-state index is 6.27. The number of piperazine rings is 1. The Kier molecular flexibility index (Phi) is 4.69. The van der Waals surface area contributed by atoms with Crippen LogP contribution in [0, 0.1) is 0 Å². The zero-order valence-corrected chi connectivity index (χ0v) is 13.3. The first-order valence-electron chi connectivity index (χ1n) is 7.18. The van der Waals surface area contributed by atoms with Gasteiger partial charge in [0.25, 0.3) is 0 Å². The van der Waals surface area contributed by atoms with E-state index in [2.05, 4.69) is 21.9 Å². The molecule has 0 unspecified atom stereocenters. The number of para-hydroxylation sites is 1. The average Bonchev–Trinajstić information content (AvgIpc) is 2.49. The number of hydrogen-bond donors (Lipinski definition) is 0. The number of nitrogens with zero attached hydrogens (tertiary/aromatic N) is 2. The predicted molar refractivity (Wildman–Crippen MR) is 90.4 cm³/mol. The third-order valence-electron chi connectivity index (χ3n) is 3.86. The quantitative estimate of drug-likeness (QED) is 0.831. The van der Waals surface area contributed by atoms with Gasteiger partial charge in [0.05, 0.1) is 10.7 Å². The van der Waals surface area contributed by atoms with Crippen molar-refractivity contribution in [2.75, 3.05) is 31.1 Å². The van der Waals surface area contributed by atoms with E-state index in [0.717, 1.165) is 48.5 Å². The smallest absolute Gasteiger partial charge is 0.0639 e. The molecule has 0 radical (unpaired) electrons. The van der Waals surface area contributed by atoms with E-state index < -0.39 is 0 Å². The Morgan fingerprint density at radius 1 is 0.857 bits per heavy atom. The van der Waals surface area contributed by atoms with Crippen molar-refractivity contribution in [3.63, 3.8) is 0 Å². The summed E-state index contributed by atoms with van der Waals surface area (Å²) >= 11 is 12.3. The highest BCUT2D eigenvalue weighted by Crippen LogP contribution is 2.26. The first-order chi connectivity index (χ1) is 10.2. The number of rotatable bonds is 3. The maximum Gasteiger partial charge on any atom is 0.0639 e. The third kappa shape index (κ3) is 3.70. The van der Waals surface area contributed by atoms with Gasteiger partial charge >= 0.3 is 0 Å². The summed E-state index contributed by atoms with van der Waals surface area (Å²) in [5.41, 5.74) is 2.41. The van der Waals surface area contributed by atoms with Crippen LogP contribution in [0.1, 0.15) is 5.56 Å². The van der Waals surface area contributed by atoms with Gasteiger partial charge in [-0.3, -0.25) is 4.90 Å². The van der Waals surface area contributed by atoms with E-state index >= 15 is 0 Å². The van der Waals surface area contributed by atoms with Gasteiger partial charge in [0.2, 0.25) is 0 Å². The first kappa shape index (κ1) is 14.7. The Hall–Kier alpha value is -1.22. The van der Waals surface area contributed by atoms with Gasteiger partial charge in [0.15, 0.2) is 0 Å². The van der Waals surface area contributed by atoms with Crippen LogP contribution >= 0.6 is 23.2 Å². The molecule has 0 amide bonds. The van der Waals surface area contributed by atoms with Crippen LogP contribution in [-0.4, -0.2) is 31.1 Å². The molecule has 3 rings (SSSR count). The van der Waals surface area contributed by atoms with Crippen LogP contribution in [0.15, 0.2) is 48.5 Å². The molecule has 21 heavy (non-hydrogen) atoms. The fraction of sp³-hybridized carbons (Fsp3) is 0.294. The summed E-state index contributed by atoms with van der Waals surface area (Å²) in [7, 11) is 0. The molecule has 0 aliphatic carbocycles. The highest BCUT2D eigenvalue weighted by molar-refractivity contribution is 6.33. The molecule has 1 heterocycles. The minimum absolute atomic E-state index is 0.808. The molecule has 2 aromatic rings. The Labute approximate surface area is 135 Å². The van der Waals surface area contributed by atoms with E-state index in [1.807, 2.05) is 36.4 Å². The molecule has 1 aliphatic rings. The van der Waals surface area contributed by atoms with Crippen molar-refractivity contribution in [3.8, 4) is 0 Å². The van der Waals surface area contributed by atoms with Crippen LogP contribution in [0.5, 0.6) is 0 Å². The van der Waals surface area contributed by atoms with Gasteiger partial charge in [-0.05, 0) is 29.8 Å². The molecule has 1 saturated heterocycles. The minimum Gasteiger partial charge on any atom is -0.368 e. The van der Waals surface area contributed by atoms with Crippen LogP contribution in [0.2, 0.25) is 10.0 Å². The highest BCUT2D eigenvalue weighted by Gasteiger charge is 2.18. The second-order valence-corrected chi connectivity index (χ2v) is 6.19. The van der Waals surface area contributed by atoms with E-state index in [-0.39, 0.29) is 0 Å². The molecule has 2 nitrogen and oxygen atoms in total. The van der Waals surface area contributed by atoms with Gasteiger partial charge in [-0.1, -0.05) is 47.5 Å². The predicted octanol–water partition coefficient (Wildman–Crippen LogP) is 4.32. The number of anilines is 1. The normalized spacial score (nSPS) is 16.2. The lowest BCUT2D eigenvalue weighted by atomic mass is 10.2. The summed E-state index contributed by atoms with van der Waals surface area (Å²) in [6.07, 6.45) is 0. The average molecular weight is 321 g/mol. The topological polar surface area (TPSA) is 6.48 Å². The van der Waals surface area contributed by atoms with E-state index in [4.69, 9.17) is 23.2 Å². The van der Waals surface area contributed by atoms with Crippen molar-refractivity contribution in [1.82, 2.24) is 4.90 Å². The summed E-state index contributed by atoms with van der Waals surface area (Å²) in [5, 5.41) is 1.64. The molecule has 0 spiro atoms. The molecule has 0 bridgehead atoms. The lowest BCUT2D eigenvalue weighted by molar-refractivity contribution is 0.250. The Morgan fingerprint density at radius 2 is 1.62 bits per heavy atom. The minimum atomic E-state index is 0.808. The molecule has 1 fully saturated rings. The van der Waals surface area contributed by atoms with Gasteiger partial charge in [-0.15, -0.1) is 0 Å². The molecular weight excluding hydrogens is 303 g/mol. The molecule has 110 valence electrons. The lowest BCUT2D eigenvalue weighted by Crippen LogP contribution is -2.46. The standard InChI is InChI=1S/C17H18Cl2N2/c18-15-5-3-4-14(12-15)13-20-8-10-21(11-9-20)17-7-2-1-6-16(17)19/h1-7,12H,8-11,13H2. The zero-order valence-electron chi connectivity index (χ0n) is 11.8. The van der Waals surface area contributed by atoms with Crippen LogP contribution in [0.4, 0.5) is 5.69 Å².